The molecule has 1 aliphatic heterocycles. The molecule has 2 heterocycles. The van der Waals surface area contributed by atoms with Crippen molar-refractivity contribution in [3.8, 4) is 17.1 Å². The Bertz CT molecular complexity index is 725. The molecule has 0 spiro atoms. The van der Waals surface area contributed by atoms with Gasteiger partial charge in [0.05, 0.1) is 7.11 Å². The molecule has 1 aromatic heterocycles. The van der Waals surface area contributed by atoms with E-state index < -0.39 is 0 Å². The molecule has 0 radical (unpaired) electrons. The highest BCUT2D eigenvalue weighted by Crippen LogP contribution is 2.31. The van der Waals surface area contributed by atoms with Gasteiger partial charge in [-0.3, -0.25) is 4.79 Å². The minimum atomic E-state index is -0.140. The van der Waals surface area contributed by atoms with Gasteiger partial charge in [-0.05, 0) is 49.6 Å². The number of ether oxygens (including phenoxy) is 1. The number of fused-ring (bicyclic) bond motifs is 2. The fourth-order valence-corrected chi connectivity index (χ4v) is 3.64. The lowest BCUT2D eigenvalue weighted by Crippen LogP contribution is -2.47. The summed E-state index contributed by atoms with van der Waals surface area (Å²) in [7, 11) is 1.63. The van der Waals surface area contributed by atoms with Gasteiger partial charge in [0, 0.05) is 17.6 Å². The Hall–Kier alpha value is -2.27. The molecule has 23 heavy (non-hydrogen) atoms. The van der Waals surface area contributed by atoms with Crippen molar-refractivity contribution in [2.24, 2.45) is 5.92 Å². The molecule has 3 atom stereocenters. The van der Waals surface area contributed by atoms with Crippen molar-refractivity contribution in [2.75, 3.05) is 13.7 Å². The average molecular weight is 312 g/mol. The van der Waals surface area contributed by atoms with Crippen LogP contribution < -0.4 is 15.4 Å². The Labute approximate surface area is 135 Å². The third-order valence-corrected chi connectivity index (χ3v) is 4.83. The smallest absolute Gasteiger partial charge is 0.287 e. The Morgan fingerprint density at radius 3 is 2.96 bits per heavy atom. The van der Waals surface area contributed by atoms with Gasteiger partial charge in [0.25, 0.3) is 5.91 Å². The molecule has 1 saturated heterocycles. The van der Waals surface area contributed by atoms with Crippen molar-refractivity contribution in [2.45, 2.75) is 24.9 Å². The Balaban J connectivity index is 1.47. The van der Waals surface area contributed by atoms with Crippen LogP contribution in [-0.4, -0.2) is 31.6 Å². The topological polar surface area (TPSA) is 63.5 Å². The van der Waals surface area contributed by atoms with Crippen LogP contribution in [0.25, 0.3) is 11.3 Å². The number of carbonyl (C=O) groups is 1. The number of carbonyl (C=O) groups excluding carboxylic acids is 1. The number of hydrogen-bond acceptors (Lipinski definition) is 4. The van der Waals surface area contributed by atoms with Crippen molar-refractivity contribution < 1.29 is 13.9 Å². The van der Waals surface area contributed by atoms with Gasteiger partial charge in [-0.1, -0.05) is 12.1 Å². The summed E-state index contributed by atoms with van der Waals surface area (Å²) in [6.45, 7) is 1.08. The van der Waals surface area contributed by atoms with Gasteiger partial charge >= 0.3 is 0 Å². The zero-order chi connectivity index (χ0) is 15.8. The first kappa shape index (κ1) is 14.3. The second kappa shape index (κ2) is 5.74. The van der Waals surface area contributed by atoms with Crippen LogP contribution in [0.15, 0.2) is 40.8 Å². The van der Waals surface area contributed by atoms with E-state index in [9.17, 15) is 4.79 Å². The van der Waals surface area contributed by atoms with E-state index in [4.69, 9.17) is 9.15 Å². The van der Waals surface area contributed by atoms with E-state index in [1.807, 2.05) is 30.3 Å². The van der Waals surface area contributed by atoms with Crippen molar-refractivity contribution in [1.82, 2.24) is 10.6 Å². The summed E-state index contributed by atoms with van der Waals surface area (Å²) in [6, 6.07) is 11.8. The molecule has 3 unspecified atom stereocenters. The first-order valence-electron chi connectivity index (χ1n) is 8.01. The lowest BCUT2D eigenvalue weighted by Gasteiger charge is -2.23. The van der Waals surface area contributed by atoms with Crippen molar-refractivity contribution in [3.05, 3.63) is 42.2 Å². The molecule has 1 aromatic carbocycles. The van der Waals surface area contributed by atoms with Gasteiger partial charge in [-0.25, -0.2) is 0 Å². The highest BCUT2D eigenvalue weighted by Gasteiger charge is 2.40. The van der Waals surface area contributed by atoms with Gasteiger partial charge in [-0.2, -0.15) is 0 Å². The summed E-state index contributed by atoms with van der Waals surface area (Å²) in [5.74, 6) is 2.34. The van der Waals surface area contributed by atoms with E-state index in [1.54, 1.807) is 13.2 Å². The van der Waals surface area contributed by atoms with Crippen LogP contribution in [0, 0.1) is 5.92 Å². The first-order chi connectivity index (χ1) is 11.2. The second-order valence-electron chi connectivity index (χ2n) is 6.33. The molecule has 1 amide bonds. The molecule has 2 bridgehead atoms. The number of benzene rings is 1. The summed E-state index contributed by atoms with van der Waals surface area (Å²) < 4.78 is 11.0. The van der Waals surface area contributed by atoms with E-state index in [-0.39, 0.29) is 11.9 Å². The maximum atomic E-state index is 12.4. The summed E-state index contributed by atoms with van der Waals surface area (Å²) in [6.07, 6.45) is 2.23. The Morgan fingerprint density at radius 2 is 2.22 bits per heavy atom. The Kier molecular flexibility index (Phi) is 3.58. The largest absolute Gasteiger partial charge is 0.497 e. The first-order valence-corrected chi connectivity index (χ1v) is 8.01. The zero-order valence-corrected chi connectivity index (χ0v) is 13.0. The molecular weight excluding hydrogens is 292 g/mol. The minimum absolute atomic E-state index is 0.140. The highest BCUT2D eigenvalue weighted by atomic mass is 16.5. The van der Waals surface area contributed by atoms with E-state index in [1.165, 1.54) is 0 Å². The fraction of sp³-hybridized carbons (Fsp3) is 0.389. The molecule has 1 saturated carbocycles. The van der Waals surface area contributed by atoms with Crippen molar-refractivity contribution in [1.29, 1.82) is 0 Å². The SMILES string of the molecule is COc1cccc(-c2ccc(C(=O)NC3CC4CNC3C4)o2)c1. The molecule has 1 aliphatic carbocycles. The maximum absolute atomic E-state index is 12.4. The third-order valence-electron chi connectivity index (χ3n) is 4.83. The van der Waals surface area contributed by atoms with Crippen molar-refractivity contribution in [3.63, 3.8) is 0 Å². The number of rotatable bonds is 4. The van der Waals surface area contributed by atoms with E-state index >= 15 is 0 Å². The van der Waals surface area contributed by atoms with Crippen LogP contribution in [0.1, 0.15) is 23.4 Å². The average Bonchev–Trinajstić information content (AvgIpc) is 3.31. The van der Waals surface area contributed by atoms with Gasteiger partial charge in [0.1, 0.15) is 11.5 Å². The number of amides is 1. The third kappa shape index (κ3) is 2.72. The van der Waals surface area contributed by atoms with Crippen LogP contribution >= 0.6 is 0 Å². The molecule has 2 aliphatic rings. The standard InChI is InChI=1S/C18H20N2O3/c1-22-13-4-2-3-12(9-13)16-5-6-17(23-16)18(21)20-15-8-11-7-14(15)19-10-11/h2-6,9,11,14-15,19H,7-8,10H2,1H3,(H,20,21). The normalized spacial score (nSPS) is 25.5. The van der Waals surface area contributed by atoms with Gasteiger partial charge in [0.2, 0.25) is 0 Å². The number of nitrogens with one attached hydrogen (secondary N) is 2. The van der Waals surface area contributed by atoms with Gasteiger partial charge in [0.15, 0.2) is 5.76 Å². The Morgan fingerprint density at radius 1 is 1.30 bits per heavy atom. The zero-order valence-electron chi connectivity index (χ0n) is 13.0. The molecular formula is C18H20N2O3. The molecule has 120 valence electrons. The molecule has 2 aromatic rings. The monoisotopic (exact) mass is 312 g/mol. The number of piperidine rings is 1. The lowest BCUT2D eigenvalue weighted by molar-refractivity contribution is 0.0901. The molecule has 5 heteroatoms. The predicted molar refractivity (Wildman–Crippen MR) is 86.5 cm³/mol. The van der Waals surface area contributed by atoms with Crippen LogP contribution in [0.4, 0.5) is 0 Å². The molecule has 2 fully saturated rings. The second-order valence-corrected chi connectivity index (χ2v) is 6.33. The van der Waals surface area contributed by atoms with Crippen LogP contribution in [-0.2, 0) is 0 Å². The molecule has 5 nitrogen and oxygen atoms in total. The highest BCUT2D eigenvalue weighted by molar-refractivity contribution is 5.92. The lowest BCUT2D eigenvalue weighted by atomic mass is 10.1. The summed E-state index contributed by atoms with van der Waals surface area (Å²) in [5, 5.41) is 6.54. The molecule has 4 rings (SSSR count). The number of methoxy groups -OCH3 is 1. The van der Waals surface area contributed by atoms with Gasteiger partial charge in [-0.15, -0.1) is 0 Å². The van der Waals surface area contributed by atoms with E-state index in [0.717, 1.165) is 30.7 Å². The summed E-state index contributed by atoms with van der Waals surface area (Å²) in [4.78, 5) is 12.4. The fourth-order valence-electron chi connectivity index (χ4n) is 3.64. The van der Waals surface area contributed by atoms with E-state index in [0.29, 0.717) is 23.5 Å². The number of furan rings is 1. The van der Waals surface area contributed by atoms with Crippen LogP contribution in [0.5, 0.6) is 5.75 Å². The quantitative estimate of drug-likeness (QED) is 0.910. The van der Waals surface area contributed by atoms with Gasteiger partial charge < -0.3 is 19.8 Å². The van der Waals surface area contributed by atoms with E-state index in [2.05, 4.69) is 10.6 Å². The number of hydrogen-bond donors (Lipinski definition) is 2. The molecule has 2 N–H and O–H groups in total. The van der Waals surface area contributed by atoms with Crippen molar-refractivity contribution >= 4 is 5.91 Å². The van der Waals surface area contributed by atoms with Crippen LogP contribution in [0.2, 0.25) is 0 Å². The van der Waals surface area contributed by atoms with Crippen LogP contribution in [0.3, 0.4) is 0 Å². The summed E-state index contributed by atoms with van der Waals surface area (Å²) >= 11 is 0. The predicted octanol–water partition coefficient (Wildman–Crippen LogP) is 2.44. The summed E-state index contributed by atoms with van der Waals surface area (Å²) in [5.41, 5.74) is 0.894. The maximum Gasteiger partial charge on any atom is 0.287 e. The minimum Gasteiger partial charge on any atom is -0.497 e.